The number of carbonyl (C=O) groups is 2. The number of ether oxygens (including phenoxy) is 1. The van der Waals surface area contributed by atoms with Crippen molar-refractivity contribution in [3.05, 3.63) is 65.2 Å². The lowest BCUT2D eigenvalue weighted by Crippen LogP contribution is -2.22. The molecule has 4 N–H and O–H groups in total. The summed E-state index contributed by atoms with van der Waals surface area (Å²) < 4.78 is 4.90. The van der Waals surface area contributed by atoms with Gasteiger partial charge in [0.25, 0.3) is 5.91 Å². The maximum atomic E-state index is 12.4. The van der Waals surface area contributed by atoms with E-state index in [-0.39, 0.29) is 11.7 Å². The Morgan fingerprint density at radius 3 is 2.42 bits per heavy atom. The average molecular weight is 351 g/mol. The highest BCUT2D eigenvalue weighted by Gasteiger charge is 2.11. The van der Waals surface area contributed by atoms with E-state index < -0.39 is 6.09 Å². The zero-order chi connectivity index (χ0) is 18.4. The number of anilines is 1. The van der Waals surface area contributed by atoms with Crippen molar-refractivity contribution in [2.45, 2.75) is 12.8 Å². The van der Waals surface area contributed by atoms with E-state index in [0.717, 1.165) is 31.5 Å². The minimum Gasteiger partial charge on any atom is -0.408 e. The molecule has 1 saturated heterocycles. The Hall–Kier alpha value is -3.12. The van der Waals surface area contributed by atoms with E-state index in [1.54, 1.807) is 36.4 Å². The van der Waals surface area contributed by atoms with Crippen molar-refractivity contribution in [1.82, 2.24) is 5.32 Å². The van der Waals surface area contributed by atoms with Gasteiger partial charge in [-0.25, -0.2) is 4.79 Å². The smallest absolute Gasteiger partial charge is 0.408 e. The van der Waals surface area contributed by atoms with E-state index in [2.05, 4.69) is 16.7 Å². The molecule has 134 valence electrons. The van der Waals surface area contributed by atoms with Gasteiger partial charge in [-0.05, 0) is 55.8 Å². The van der Waals surface area contributed by atoms with Gasteiger partial charge in [-0.2, -0.15) is 0 Å². The molecular weight excluding hydrogens is 330 g/mol. The lowest BCUT2D eigenvalue weighted by molar-refractivity contribution is 0.102. The summed E-state index contributed by atoms with van der Waals surface area (Å²) in [5.74, 6) is -0.0767. The van der Waals surface area contributed by atoms with Crippen LogP contribution in [0.15, 0.2) is 54.1 Å². The number of piperidine rings is 1. The monoisotopic (exact) mass is 351 g/mol. The number of carbonyl (C=O) groups excluding carboxylic acids is 2. The van der Waals surface area contributed by atoms with E-state index in [0.29, 0.717) is 11.3 Å². The van der Waals surface area contributed by atoms with Crippen LogP contribution in [-0.2, 0) is 0 Å². The van der Waals surface area contributed by atoms with E-state index >= 15 is 0 Å². The largest absolute Gasteiger partial charge is 0.410 e. The third-order valence-electron chi connectivity index (χ3n) is 4.14. The summed E-state index contributed by atoms with van der Waals surface area (Å²) in [6.45, 7) is 2.03. The molecule has 26 heavy (non-hydrogen) atoms. The highest BCUT2D eigenvalue weighted by Crippen LogP contribution is 2.24. The minimum absolute atomic E-state index is 0.209. The van der Waals surface area contributed by atoms with Gasteiger partial charge in [-0.15, -0.1) is 0 Å². The van der Waals surface area contributed by atoms with Crippen molar-refractivity contribution >= 4 is 23.8 Å². The highest BCUT2D eigenvalue weighted by molar-refractivity contribution is 6.05. The quantitative estimate of drug-likeness (QED) is 0.789. The molecule has 0 spiro atoms. The zero-order valence-corrected chi connectivity index (χ0v) is 14.3. The third-order valence-corrected chi connectivity index (χ3v) is 4.14. The second-order valence-corrected chi connectivity index (χ2v) is 6.05. The molecule has 3 rings (SSSR count). The SMILES string of the molecule is NC(=O)Oc1ccccc1NC(=O)c1ccc(C=C2CCNCC2)cc1. The molecule has 1 aliphatic heterocycles. The second-order valence-electron chi connectivity index (χ2n) is 6.05. The fraction of sp³-hybridized carbons (Fsp3) is 0.200. The molecule has 2 aromatic rings. The van der Waals surface area contributed by atoms with Crippen LogP contribution in [0.1, 0.15) is 28.8 Å². The van der Waals surface area contributed by atoms with Gasteiger partial charge in [-0.3, -0.25) is 4.79 Å². The number of nitrogens with two attached hydrogens (primary N) is 1. The first-order valence-electron chi connectivity index (χ1n) is 8.50. The van der Waals surface area contributed by atoms with Gasteiger partial charge in [0.05, 0.1) is 5.69 Å². The first-order chi connectivity index (χ1) is 12.6. The number of para-hydroxylation sites is 2. The topological polar surface area (TPSA) is 93.5 Å². The molecule has 0 saturated carbocycles. The summed E-state index contributed by atoms with van der Waals surface area (Å²) in [7, 11) is 0. The predicted octanol–water partition coefficient (Wildman–Crippen LogP) is 3.16. The molecule has 2 amide bonds. The molecule has 0 atom stereocenters. The molecular formula is C20H21N3O3. The lowest BCUT2D eigenvalue weighted by atomic mass is 10.0. The van der Waals surface area contributed by atoms with Gasteiger partial charge in [0.15, 0.2) is 5.75 Å². The third kappa shape index (κ3) is 4.70. The summed E-state index contributed by atoms with van der Waals surface area (Å²) in [4.78, 5) is 23.4. The van der Waals surface area contributed by atoms with Crippen LogP contribution in [0.5, 0.6) is 5.75 Å². The van der Waals surface area contributed by atoms with Gasteiger partial charge in [-0.1, -0.05) is 35.9 Å². The summed E-state index contributed by atoms with van der Waals surface area (Å²) in [6, 6.07) is 14.0. The van der Waals surface area contributed by atoms with E-state index in [1.807, 2.05) is 12.1 Å². The number of amides is 2. The molecule has 2 aromatic carbocycles. The first-order valence-corrected chi connectivity index (χ1v) is 8.50. The van der Waals surface area contributed by atoms with E-state index in [9.17, 15) is 9.59 Å². The Morgan fingerprint density at radius 1 is 1.04 bits per heavy atom. The van der Waals surface area contributed by atoms with Crippen LogP contribution < -0.4 is 21.1 Å². The lowest BCUT2D eigenvalue weighted by Gasteiger charge is -2.15. The number of hydrogen-bond acceptors (Lipinski definition) is 4. The predicted molar refractivity (Wildman–Crippen MR) is 101 cm³/mol. The van der Waals surface area contributed by atoms with Crippen LogP contribution in [-0.4, -0.2) is 25.1 Å². The average Bonchev–Trinajstić information content (AvgIpc) is 2.64. The van der Waals surface area contributed by atoms with Crippen LogP contribution in [0.25, 0.3) is 6.08 Å². The molecule has 6 nitrogen and oxygen atoms in total. The van der Waals surface area contributed by atoms with Crippen molar-refractivity contribution in [3.8, 4) is 5.75 Å². The summed E-state index contributed by atoms with van der Waals surface area (Å²) in [5.41, 5.74) is 8.45. The number of rotatable bonds is 4. The van der Waals surface area contributed by atoms with Crippen molar-refractivity contribution in [3.63, 3.8) is 0 Å². The maximum absolute atomic E-state index is 12.4. The standard InChI is InChI=1S/C20H21N3O3/c21-20(25)26-18-4-2-1-3-17(18)23-19(24)16-7-5-14(6-8-16)13-15-9-11-22-12-10-15/h1-8,13,22H,9-12H2,(H2,21,25)(H,23,24). The highest BCUT2D eigenvalue weighted by atomic mass is 16.5. The summed E-state index contributed by atoms with van der Waals surface area (Å²) in [5, 5.41) is 6.07. The zero-order valence-electron chi connectivity index (χ0n) is 14.3. The van der Waals surface area contributed by atoms with Crippen molar-refractivity contribution in [2.24, 2.45) is 5.73 Å². The van der Waals surface area contributed by atoms with Crippen LogP contribution in [0, 0.1) is 0 Å². The minimum atomic E-state index is -0.929. The van der Waals surface area contributed by atoms with Crippen LogP contribution in [0.3, 0.4) is 0 Å². The van der Waals surface area contributed by atoms with Crippen LogP contribution >= 0.6 is 0 Å². The second kappa shape index (κ2) is 8.31. The van der Waals surface area contributed by atoms with Gasteiger partial charge in [0.2, 0.25) is 0 Å². The Bertz CT molecular complexity index is 820. The summed E-state index contributed by atoms with van der Waals surface area (Å²) >= 11 is 0. The Balaban J connectivity index is 1.70. The number of hydrogen-bond donors (Lipinski definition) is 3. The van der Waals surface area contributed by atoms with E-state index in [1.165, 1.54) is 5.57 Å². The number of nitrogens with one attached hydrogen (secondary N) is 2. The van der Waals surface area contributed by atoms with Crippen molar-refractivity contribution in [1.29, 1.82) is 0 Å². The molecule has 0 radical (unpaired) electrons. The molecule has 1 aliphatic rings. The van der Waals surface area contributed by atoms with Crippen molar-refractivity contribution < 1.29 is 14.3 Å². The Kier molecular flexibility index (Phi) is 5.66. The van der Waals surface area contributed by atoms with Gasteiger partial charge >= 0.3 is 6.09 Å². The molecule has 1 heterocycles. The summed E-state index contributed by atoms with van der Waals surface area (Å²) in [6.07, 6.45) is 3.36. The van der Waals surface area contributed by atoms with Crippen molar-refractivity contribution in [2.75, 3.05) is 18.4 Å². The molecule has 6 heteroatoms. The Labute approximate surface area is 152 Å². The fourth-order valence-electron chi connectivity index (χ4n) is 2.82. The first kappa shape index (κ1) is 17.7. The maximum Gasteiger partial charge on any atom is 0.410 e. The fourth-order valence-corrected chi connectivity index (χ4v) is 2.82. The van der Waals surface area contributed by atoms with Gasteiger partial charge in [0, 0.05) is 5.56 Å². The molecule has 0 bridgehead atoms. The molecule has 0 unspecified atom stereocenters. The normalized spacial score (nSPS) is 13.8. The van der Waals surface area contributed by atoms with Gasteiger partial charge < -0.3 is 21.1 Å². The molecule has 1 fully saturated rings. The van der Waals surface area contributed by atoms with Crippen LogP contribution in [0.2, 0.25) is 0 Å². The number of primary amides is 1. The number of benzene rings is 2. The van der Waals surface area contributed by atoms with Gasteiger partial charge in [0.1, 0.15) is 0 Å². The molecule has 0 aliphatic carbocycles. The molecule has 0 aromatic heterocycles. The Morgan fingerprint density at radius 2 is 1.73 bits per heavy atom. The van der Waals surface area contributed by atoms with Crippen LogP contribution in [0.4, 0.5) is 10.5 Å². The van der Waals surface area contributed by atoms with E-state index in [4.69, 9.17) is 10.5 Å².